The number of nitrogens with one attached hydrogen (secondary N) is 2. The third-order valence-corrected chi connectivity index (χ3v) is 6.26. The summed E-state index contributed by atoms with van der Waals surface area (Å²) >= 11 is 0. The number of halogens is 1. The molecule has 1 aliphatic heterocycles. The Bertz CT molecular complexity index is 667. The molecule has 2 atom stereocenters. The summed E-state index contributed by atoms with van der Waals surface area (Å²) in [6.45, 7) is 4.60. The highest BCUT2D eigenvalue weighted by Crippen LogP contribution is 2.26. The number of likely N-dealkylation sites (tertiary alicyclic amines) is 1. The molecule has 1 aromatic rings. The average Bonchev–Trinajstić information content (AvgIpc) is 3.29. The highest BCUT2D eigenvalue weighted by molar-refractivity contribution is 14.0. The maximum absolute atomic E-state index is 10.2. The number of nitrogens with zero attached hydrogens (tertiary/aromatic N) is 5. The number of hydrogen-bond acceptors (Lipinski definition) is 5. The molecule has 0 radical (unpaired) electrons. The zero-order chi connectivity index (χ0) is 18.8. The van der Waals surface area contributed by atoms with E-state index in [1.54, 1.807) is 0 Å². The zero-order valence-corrected chi connectivity index (χ0v) is 19.3. The summed E-state index contributed by atoms with van der Waals surface area (Å²) < 4.78 is 1.99. The molecule has 0 bridgehead atoms. The largest absolute Gasteiger partial charge is 0.391 e. The van der Waals surface area contributed by atoms with Gasteiger partial charge in [0.25, 0.3) is 0 Å². The number of guanidine groups is 1. The van der Waals surface area contributed by atoms with Crippen molar-refractivity contribution in [2.24, 2.45) is 12.0 Å². The van der Waals surface area contributed by atoms with E-state index >= 15 is 0 Å². The van der Waals surface area contributed by atoms with Gasteiger partial charge >= 0.3 is 0 Å². The zero-order valence-electron chi connectivity index (χ0n) is 17.0. The van der Waals surface area contributed by atoms with Gasteiger partial charge in [0, 0.05) is 38.3 Å². The van der Waals surface area contributed by atoms with Gasteiger partial charge in [-0.1, -0.05) is 0 Å². The first-order valence-corrected chi connectivity index (χ1v) is 10.4. The lowest BCUT2D eigenvalue weighted by atomic mass is 10.0. The number of aliphatic hydroxyl groups is 1. The molecule has 158 valence electrons. The molecule has 3 fully saturated rings. The van der Waals surface area contributed by atoms with Gasteiger partial charge in [0.05, 0.1) is 6.10 Å². The molecule has 1 aromatic heterocycles. The SMILES string of the molecule is Cc1nnc(CN=C(NC2CC2)NC2CCN(C3CCCC3O)CC2)n1C.I. The van der Waals surface area contributed by atoms with Crippen molar-refractivity contribution in [2.45, 2.75) is 82.6 Å². The number of rotatable bonds is 5. The van der Waals surface area contributed by atoms with E-state index in [1.807, 2.05) is 18.5 Å². The van der Waals surface area contributed by atoms with Crippen LogP contribution >= 0.6 is 24.0 Å². The molecule has 2 heterocycles. The predicted octanol–water partition coefficient (Wildman–Crippen LogP) is 1.32. The third-order valence-electron chi connectivity index (χ3n) is 6.26. The van der Waals surface area contributed by atoms with Crippen molar-refractivity contribution in [1.82, 2.24) is 30.3 Å². The van der Waals surface area contributed by atoms with Crippen molar-refractivity contribution in [3.8, 4) is 0 Å². The van der Waals surface area contributed by atoms with Crippen LogP contribution in [0.3, 0.4) is 0 Å². The van der Waals surface area contributed by atoms with Crippen LogP contribution in [-0.4, -0.2) is 68.0 Å². The highest BCUT2D eigenvalue weighted by atomic mass is 127. The van der Waals surface area contributed by atoms with Crippen LogP contribution in [0.1, 0.15) is 56.6 Å². The summed E-state index contributed by atoms with van der Waals surface area (Å²) in [5.41, 5.74) is 0. The Kier molecular flexibility index (Phi) is 7.54. The first kappa shape index (κ1) is 21.8. The molecule has 2 unspecified atom stereocenters. The number of aromatic nitrogens is 3. The number of hydrogen-bond donors (Lipinski definition) is 3. The predicted molar refractivity (Wildman–Crippen MR) is 120 cm³/mol. The summed E-state index contributed by atoms with van der Waals surface area (Å²) in [4.78, 5) is 7.26. The van der Waals surface area contributed by atoms with Gasteiger partial charge in [0.15, 0.2) is 11.8 Å². The van der Waals surface area contributed by atoms with Gasteiger partial charge in [-0.2, -0.15) is 0 Å². The normalized spacial score (nSPS) is 26.9. The van der Waals surface area contributed by atoms with Gasteiger partial charge in [-0.05, 0) is 51.9 Å². The summed E-state index contributed by atoms with van der Waals surface area (Å²) in [5, 5.41) is 25.7. The monoisotopic (exact) mass is 503 g/mol. The van der Waals surface area contributed by atoms with Crippen LogP contribution in [0.25, 0.3) is 0 Å². The molecular formula is C19H34IN7O. The second kappa shape index (κ2) is 9.71. The van der Waals surface area contributed by atoms with E-state index < -0.39 is 0 Å². The minimum Gasteiger partial charge on any atom is -0.391 e. The Morgan fingerprint density at radius 2 is 1.75 bits per heavy atom. The molecule has 2 aliphatic carbocycles. The van der Waals surface area contributed by atoms with E-state index in [-0.39, 0.29) is 30.1 Å². The van der Waals surface area contributed by atoms with Crippen molar-refractivity contribution >= 4 is 29.9 Å². The molecule has 3 N–H and O–H groups in total. The standard InChI is InChI=1S/C19H33N7O.HI/c1-13-23-24-18(25(13)2)12-20-19(21-14-6-7-14)22-15-8-10-26(11-9-15)16-4-3-5-17(16)27;/h14-17,27H,3-12H2,1-2H3,(H2,20,21,22);1H. The van der Waals surface area contributed by atoms with Gasteiger partial charge in [0.2, 0.25) is 0 Å². The van der Waals surface area contributed by atoms with Crippen molar-refractivity contribution in [3.05, 3.63) is 11.6 Å². The van der Waals surface area contributed by atoms with E-state index in [0.717, 1.165) is 62.8 Å². The van der Waals surface area contributed by atoms with Crippen LogP contribution in [0.2, 0.25) is 0 Å². The number of aliphatic hydroxyl groups excluding tert-OH is 1. The van der Waals surface area contributed by atoms with Gasteiger partial charge in [-0.15, -0.1) is 34.2 Å². The minimum absolute atomic E-state index is 0. The van der Waals surface area contributed by atoms with E-state index in [9.17, 15) is 5.11 Å². The van der Waals surface area contributed by atoms with E-state index in [1.165, 1.54) is 12.8 Å². The smallest absolute Gasteiger partial charge is 0.192 e. The highest BCUT2D eigenvalue weighted by Gasteiger charge is 2.33. The van der Waals surface area contributed by atoms with Crippen LogP contribution < -0.4 is 10.6 Å². The quantitative estimate of drug-likeness (QED) is 0.319. The maximum Gasteiger partial charge on any atom is 0.192 e. The molecule has 9 heteroatoms. The molecular weight excluding hydrogens is 469 g/mol. The average molecular weight is 503 g/mol. The molecule has 0 spiro atoms. The van der Waals surface area contributed by atoms with Crippen molar-refractivity contribution in [3.63, 3.8) is 0 Å². The lowest BCUT2D eigenvalue weighted by Gasteiger charge is -2.37. The summed E-state index contributed by atoms with van der Waals surface area (Å²) in [6, 6.07) is 1.38. The lowest BCUT2D eigenvalue weighted by molar-refractivity contribution is 0.0542. The van der Waals surface area contributed by atoms with Crippen LogP contribution in [0.4, 0.5) is 0 Å². The van der Waals surface area contributed by atoms with Crippen molar-refractivity contribution in [2.75, 3.05) is 13.1 Å². The van der Waals surface area contributed by atoms with E-state index in [4.69, 9.17) is 4.99 Å². The molecule has 0 amide bonds. The Morgan fingerprint density at radius 1 is 1.07 bits per heavy atom. The van der Waals surface area contributed by atoms with E-state index in [2.05, 4.69) is 25.7 Å². The van der Waals surface area contributed by atoms with Gasteiger partial charge in [0.1, 0.15) is 12.4 Å². The van der Waals surface area contributed by atoms with Crippen LogP contribution in [0.15, 0.2) is 4.99 Å². The summed E-state index contributed by atoms with van der Waals surface area (Å²) in [7, 11) is 1.98. The molecule has 28 heavy (non-hydrogen) atoms. The third kappa shape index (κ3) is 5.35. The number of aliphatic imine (C=N–C) groups is 1. The summed E-state index contributed by atoms with van der Waals surface area (Å²) in [5.74, 6) is 2.69. The first-order valence-electron chi connectivity index (χ1n) is 10.4. The second-order valence-corrected chi connectivity index (χ2v) is 8.33. The first-order chi connectivity index (χ1) is 13.1. The van der Waals surface area contributed by atoms with Gasteiger partial charge in [-0.3, -0.25) is 4.90 Å². The maximum atomic E-state index is 10.2. The molecule has 2 saturated carbocycles. The minimum atomic E-state index is -0.127. The topological polar surface area (TPSA) is 90.6 Å². The van der Waals surface area contributed by atoms with Crippen LogP contribution in [0.5, 0.6) is 0 Å². The fraction of sp³-hybridized carbons (Fsp3) is 0.842. The molecule has 0 aromatic carbocycles. The Balaban J connectivity index is 0.00000225. The second-order valence-electron chi connectivity index (χ2n) is 8.33. The fourth-order valence-electron chi connectivity index (χ4n) is 4.21. The molecule has 4 rings (SSSR count). The number of aryl methyl sites for hydroxylation is 1. The Hall–Kier alpha value is -0.940. The lowest BCUT2D eigenvalue weighted by Crippen LogP contribution is -2.52. The van der Waals surface area contributed by atoms with Crippen LogP contribution in [0, 0.1) is 6.92 Å². The van der Waals surface area contributed by atoms with Crippen LogP contribution in [-0.2, 0) is 13.6 Å². The molecule has 1 saturated heterocycles. The Morgan fingerprint density at radius 3 is 2.29 bits per heavy atom. The van der Waals surface area contributed by atoms with Gasteiger partial charge < -0.3 is 20.3 Å². The number of piperidine rings is 1. The van der Waals surface area contributed by atoms with Crippen molar-refractivity contribution < 1.29 is 5.11 Å². The van der Waals surface area contributed by atoms with Gasteiger partial charge in [-0.25, -0.2) is 4.99 Å². The summed E-state index contributed by atoms with van der Waals surface area (Å²) in [6.07, 6.45) is 7.78. The van der Waals surface area contributed by atoms with Crippen molar-refractivity contribution in [1.29, 1.82) is 0 Å². The Labute approximate surface area is 184 Å². The fourth-order valence-corrected chi connectivity index (χ4v) is 4.21. The molecule has 8 nitrogen and oxygen atoms in total. The molecule has 3 aliphatic rings. The van der Waals surface area contributed by atoms with E-state index in [0.29, 0.717) is 24.7 Å².